The number of piperazine rings is 1. The highest BCUT2D eigenvalue weighted by atomic mass is 35.5. The van der Waals surface area contributed by atoms with Crippen molar-refractivity contribution in [1.82, 2.24) is 20.2 Å². The zero-order valence-corrected chi connectivity index (χ0v) is 14.2. The van der Waals surface area contributed by atoms with Gasteiger partial charge in [-0.3, -0.25) is 9.59 Å². The average Bonchev–Trinajstić information content (AvgIpc) is 2.54. The summed E-state index contributed by atoms with van der Waals surface area (Å²) in [5.74, 6) is 0.0338. The number of benzene rings is 1. The number of hydrogen-bond donors (Lipinski definition) is 2. The molecule has 1 aromatic carbocycles. The topological polar surface area (TPSA) is 78.1 Å². The fraction of sp³-hybridized carbons (Fsp3) is 0.438. The number of aromatic amines is 1. The van der Waals surface area contributed by atoms with Gasteiger partial charge >= 0.3 is 0 Å². The summed E-state index contributed by atoms with van der Waals surface area (Å²) in [6.45, 7) is 4.30. The Labute approximate surface area is 144 Å². The van der Waals surface area contributed by atoms with Crippen LogP contribution in [-0.4, -0.2) is 46.5 Å². The third kappa shape index (κ3) is 3.91. The van der Waals surface area contributed by atoms with Crippen LogP contribution in [0.1, 0.15) is 19.2 Å². The first-order valence-corrected chi connectivity index (χ1v) is 7.73. The lowest BCUT2D eigenvalue weighted by molar-refractivity contribution is -0.133. The Morgan fingerprint density at radius 2 is 2.25 bits per heavy atom. The highest BCUT2D eigenvalue weighted by molar-refractivity contribution is 5.85. The van der Waals surface area contributed by atoms with E-state index in [0.717, 1.165) is 13.1 Å². The number of fused-ring (bicyclic) bond motifs is 1. The van der Waals surface area contributed by atoms with Gasteiger partial charge in [-0.1, -0.05) is 0 Å². The van der Waals surface area contributed by atoms with Crippen molar-refractivity contribution in [3.8, 4) is 0 Å². The summed E-state index contributed by atoms with van der Waals surface area (Å²) < 4.78 is 13.2. The van der Waals surface area contributed by atoms with Crippen molar-refractivity contribution in [3.63, 3.8) is 0 Å². The molecule has 1 amide bonds. The van der Waals surface area contributed by atoms with Gasteiger partial charge in [-0.15, -0.1) is 12.4 Å². The number of H-pyrrole nitrogens is 1. The van der Waals surface area contributed by atoms with E-state index in [9.17, 15) is 14.0 Å². The molecule has 0 radical (unpaired) electrons. The molecule has 0 bridgehead atoms. The third-order valence-corrected chi connectivity index (χ3v) is 4.11. The highest BCUT2D eigenvalue weighted by Crippen LogP contribution is 2.11. The van der Waals surface area contributed by atoms with E-state index in [0.29, 0.717) is 30.7 Å². The van der Waals surface area contributed by atoms with Gasteiger partial charge in [0.1, 0.15) is 11.6 Å². The van der Waals surface area contributed by atoms with Gasteiger partial charge in [0.05, 0.1) is 10.9 Å². The number of aryl methyl sites for hydroxylation is 1. The van der Waals surface area contributed by atoms with E-state index in [1.807, 2.05) is 11.8 Å². The number of aromatic nitrogens is 2. The van der Waals surface area contributed by atoms with Crippen LogP contribution in [0, 0.1) is 5.82 Å². The number of nitrogens with zero attached hydrogens (tertiary/aromatic N) is 2. The fourth-order valence-corrected chi connectivity index (χ4v) is 2.86. The predicted molar refractivity (Wildman–Crippen MR) is 91.9 cm³/mol. The molecule has 1 aliphatic heterocycles. The van der Waals surface area contributed by atoms with Gasteiger partial charge in [0.25, 0.3) is 5.56 Å². The summed E-state index contributed by atoms with van der Waals surface area (Å²) in [7, 11) is 0. The van der Waals surface area contributed by atoms with Gasteiger partial charge in [0, 0.05) is 38.5 Å². The average molecular weight is 355 g/mol. The second-order valence-electron chi connectivity index (χ2n) is 5.81. The normalized spacial score (nSPS) is 17.6. The smallest absolute Gasteiger partial charge is 0.258 e. The molecule has 8 heteroatoms. The Balaban J connectivity index is 0.00000208. The zero-order valence-electron chi connectivity index (χ0n) is 13.3. The number of rotatable bonds is 3. The third-order valence-electron chi connectivity index (χ3n) is 4.11. The molecular formula is C16H20ClFN4O2. The molecule has 130 valence electrons. The Bertz CT molecular complexity index is 795. The molecular weight excluding hydrogens is 335 g/mol. The number of nitrogens with one attached hydrogen (secondary N) is 2. The van der Waals surface area contributed by atoms with E-state index in [4.69, 9.17) is 0 Å². The maximum Gasteiger partial charge on any atom is 0.258 e. The Morgan fingerprint density at radius 1 is 1.46 bits per heavy atom. The summed E-state index contributed by atoms with van der Waals surface area (Å²) in [6, 6.07) is 4.08. The Hall–Kier alpha value is -1.99. The summed E-state index contributed by atoms with van der Waals surface area (Å²) in [5, 5.41) is 3.46. The molecule has 2 N–H and O–H groups in total. The van der Waals surface area contributed by atoms with Crippen molar-refractivity contribution < 1.29 is 9.18 Å². The predicted octanol–water partition coefficient (Wildman–Crippen LogP) is 1.24. The van der Waals surface area contributed by atoms with Crippen LogP contribution in [0.2, 0.25) is 0 Å². The molecule has 1 atom stereocenters. The lowest BCUT2D eigenvalue weighted by atomic mass is 10.1. The second kappa shape index (κ2) is 7.72. The molecule has 24 heavy (non-hydrogen) atoms. The van der Waals surface area contributed by atoms with E-state index in [-0.39, 0.29) is 35.3 Å². The van der Waals surface area contributed by atoms with Crippen LogP contribution < -0.4 is 10.9 Å². The summed E-state index contributed by atoms with van der Waals surface area (Å²) in [6.07, 6.45) is 0.651. The van der Waals surface area contributed by atoms with Gasteiger partial charge in [0.2, 0.25) is 5.91 Å². The summed E-state index contributed by atoms with van der Waals surface area (Å²) in [5.41, 5.74) is 0.0561. The van der Waals surface area contributed by atoms with Crippen LogP contribution in [-0.2, 0) is 11.2 Å². The molecule has 2 aromatic rings. The zero-order chi connectivity index (χ0) is 16.4. The summed E-state index contributed by atoms with van der Waals surface area (Å²) in [4.78, 5) is 33.1. The lowest BCUT2D eigenvalue weighted by Crippen LogP contribution is -2.52. The van der Waals surface area contributed by atoms with Crippen molar-refractivity contribution in [3.05, 3.63) is 40.2 Å². The quantitative estimate of drug-likeness (QED) is 0.869. The van der Waals surface area contributed by atoms with Crippen molar-refractivity contribution in [2.75, 3.05) is 19.6 Å². The molecule has 6 nitrogen and oxygen atoms in total. The molecule has 1 aliphatic rings. The first-order valence-electron chi connectivity index (χ1n) is 7.73. The van der Waals surface area contributed by atoms with Crippen LogP contribution in [0.15, 0.2) is 23.0 Å². The molecule has 0 unspecified atom stereocenters. The minimum absolute atomic E-state index is 0. The molecule has 3 rings (SSSR count). The van der Waals surface area contributed by atoms with Crippen LogP contribution in [0.5, 0.6) is 0 Å². The van der Waals surface area contributed by atoms with Crippen LogP contribution >= 0.6 is 12.4 Å². The largest absolute Gasteiger partial charge is 0.337 e. The minimum atomic E-state index is -0.472. The van der Waals surface area contributed by atoms with Crippen molar-refractivity contribution in [1.29, 1.82) is 0 Å². The van der Waals surface area contributed by atoms with Gasteiger partial charge in [-0.05, 0) is 25.1 Å². The number of carbonyl (C=O) groups excluding carboxylic acids is 1. The van der Waals surface area contributed by atoms with E-state index in [2.05, 4.69) is 15.3 Å². The van der Waals surface area contributed by atoms with Crippen molar-refractivity contribution in [2.45, 2.75) is 25.8 Å². The van der Waals surface area contributed by atoms with E-state index in [1.165, 1.54) is 18.2 Å². The first-order chi connectivity index (χ1) is 11.0. The second-order valence-corrected chi connectivity index (χ2v) is 5.81. The standard InChI is InChI=1S/C16H19FN4O2.ClH/c1-10-9-18-6-7-21(10)15(22)5-4-14-19-13-3-2-11(17)8-12(13)16(23)20-14;/h2-3,8,10,18H,4-7,9H2,1H3,(H,19,20,23);1H/t10-;/m0./s1. The van der Waals surface area contributed by atoms with Crippen LogP contribution in [0.4, 0.5) is 4.39 Å². The molecule has 2 heterocycles. The fourth-order valence-electron chi connectivity index (χ4n) is 2.86. The van der Waals surface area contributed by atoms with Gasteiger partial charge in [-0.25, -0.2) is 9.37 Å². The Morgan fingerprint density at radius 3 is 3.00 bits per heavy atom. The monoisotopic (exact) mass is 354 g/mol. The number of hydrogen-bond acceptors (Lipinski definition) is 4. The van der Waals surface area contributed by atoms with Crippen LogP contribution in [0.25, 0.3) is 10.9 Å². The van der Waals surface area contributed by atoms with Gasteiger partial charge in [0.15, 0.2) is 0 Å². The Kier molecular flexibility index (Phi) is 5.90. The molecule has 0 aliphatic carbocycles. The minimum Gasteiger partial charge on any atom is -0.337 e. The molecule has 0 spiro atoms. The highest BCUT2D eigenvalue weighted by Gasteiger charge is 2.22. The van der Waals surface area contributed by atoms with Gasteiger partial charge in [-0.2, -0.15) is 0 Å². The molecule has 0 saturated carbocycles. The maximum atomic E-state index is 13.2. The number of amides is 1. The lowest BCUT2D eigenvalue weighted by Gasteiger charge is -2.34. The first kappa shape index (κ1) is 18.4. The number of halogens is 2. The number of carbonyl (C=O) groups is 1. The van der Waals surface area contributed by atoms with Gasteiger partial charge < -0.3 is 15.2 Å². The molecule has 1 fully saturated rings. The van der Waals surface area contributed by atoms with Crippen molar-refractivity contribution in [2.24, 2.45) is 0 Å². The maximum absolute atomic E-state index is 13.2. The SMILES string of the molecule is C[C@H]1CNCCN1C(=O)CCc1nc2ccc(F)cc2c(=O)[nH]1.Cl. The molecule has 1 aromatic heterocycles. The van der Waals surface area contributed by atoms with E-state index < -0.39 is 5.82 Å². The van der Waals surface area contributed by atoms with E-state index >= 15 is 0 Å². The van der Waals surface area contributed by atoms with Crippen molar-refractivity contribution >= 4 is 29.2 Å². The van der Waals surface area contributed by atoms with E-state index in [1.54, 1.807) is 0 Å². The molecule has 1 saturated heterocycles. The van der Waals surface area contributed by atoms with Crippen LogP contribution in [0.3, 0.4) is 0 Å². The summed E-state index contributed by atoms with van der Waals surface area (Å²) >= 11 is 0.